The number of hydroxylamine groups is 2. The Balaban J connectivity index is 2.48. The van der Waals surface area contributed by atoms with Crippen molar-refractivity contribution in [2.24, 2.45) is 0 Å². The average molecular weight is 141 g/mol. The number of hydrogen-bond acceptors (Lipinski definition) is 3. The minimum absolute atomic E-state index is 0.625. The molecule has 0 amide bonds. The first kappa shape index (κ1) is 7.44. The third-order valence-electron chi connectivity index (χ3n) is 1.55. The van der Waals surface area contributed by atoms with Crippen LogP contribution < -0.4 is 0 Å². The van der Waals surface area contributed by atoms with Crippen LogP contribution in [0.5, 0.6) is 0 Å². The Morgan fingerprint density at radius 2 is 2.60 bits per heavy atom. The number of carbonyl (C=O) groups excluding carboxylic acids is 1. The number of hydrogen-bond donors (Lipinski definition) is 0. The van der Waals surface area contributed by atoms with E-state index in [1.807, 2.05) is 6.08 Å². The molecule has 0 bridgehead atoms. The molecule has 0 radical (unpaired) electrons. The van der Waals surface area contributed by atoms with Gasteiger partial charge in [-0.25, -0.2) is 0 Å². The standard InChI is InChI=1S/C7H11NO2/c1-10-8-4-2-3-7(5-8)6-9/h3,6H,2,4-5H2,1H3. The average Bonchev–Trinajstić information content (AvgIpc) is 2.05. The van der Waals surface area contributed by atoms with Crippen LogP contribution >= 0.6 is 0 Å². The van der Waals surface area contributed by atoms with Gasteiger partial charge >= 0.3 is 0 Å². The van der Waals surface area contributed by atoms with Gasteiger partial charge in [0, 0.05) is 12.1 Å². The lowest BCUT2D eigenvalue weighted by molar-refractivity contribution is -0.129. The lowest BCUT2D eigenvalue weighted by Crippen LogP contribution is -2.29. The summed E-state index contributed by atoms with van der Waals surface area (Å²) in [5.74, 6) is 0. The first-order chi connectivity index (χ1) is 4.86. The number of nitrogens with zero attached hydrogens (tertiary/aromatic N) is 1. The molecule has 56 valence electrons. The Bertz CT molecular complexity index is 154. The van der Waals surface area contributed by atoms with Gasteiger partial charge in [0.15, 0.2) is 0 Å². The van der Waals surface area contributed by atoms with E-state index in [2.05, 4.69) is 0 Å². The molecule has 1 rings (SSSR count). The second-order valence-electron chi connectivity index (χ2n) is 2.23. The van der Waals surface area contributed by atoms with Gasteiger partial charge in [-0.05, 0) is 6.42 Å². The van der Waals surface area contributed by atoms with Gasteiger partial charge in [0.2, 0.25) is 0 Å². The van der Waals surface area contributed by atoms with E-state index in [1.165, 1.54) is 0 Å². The van der Waals surface area contributed by atoms with E-state index in [1.54, 1.807) is 12.2 Å². The maximum Gasteiger partial charge on any atom is 0.147 e. The van der Waals surface area contributed by atoms with Gasteiger partial charge in [0.1, 0.15) is 6.29 Å². The maximum absolute atomic E-state index is 10.3. The van der Waals surface area contributed by atoms with Gasteiger partial charge in [-0.3, -0.25) is 4.79 Å². The highest BCUT2D eigenvalue weighted by Gasteiger charge is 2.09. The lowest BCUT2D eigenvalue weighted by atomic mass is 10.2. The molecule has 0 spiro atoms. The molecule has 0 fully saturated rings. The quantitative estimate of drug-likeness (QED) is 0.521. The summed E-state index contributed by atoms with van der Waals surface area (Å²) in [5.41, 5.74) is 0.813. The fourth-order valence-corrected chi connectivity index (χ4v) is 0.982. The van der Waals surface area contributed by atoms with Crippen LogP contribution in [0.1, 0.15) is 6.42 Å². The molecule has 0 aromatic heterocycles. The molecule has 0 unspecified atom stereocenters. The van der Waals surface area contributed by atoms with E-state index in [4.69, 9.17) is 4.84 Å². The molecule has 0 saturated heterocycles. The minimum Gasteiger partial charge on any atom is -0.302 e. The van der Waals surface area contributed by atoms with Crippen molar-refractivity contribution in [1.82, 2.24) is 5.06 Å². The Morgan fingerprint density at radius 1 is 1.80 bits per heavy atom. The van der Waals surface area contributed by atoms with Crippen LogP contribution in [0.4, 0.5) is 0 Å². The molecule has 0 aromatic carbocycles. The van der Waals surface area contributed by atoms with Crippen LogP contribution in [-0.4, -0.2) is 31.5 Å². The van der Waals surface area contributed by atoms with Crippen molar-refractivity contribution in [2.75, 3.05) is 20.2 Å². The van der Waals surface area contributed by atoms with Crippen LogP contribution in [0.25, 0.3) is 0 Å². The van der Waals surface area contributed by atoms with Crippen LogP contribution in [0, 0.1) is 0 Å². The summed E-state index contributed by atoms with van der Waals surface area (Å²) in [6.45, 7) is 1.51. The second kappa shape index (κ2) is 3.49. The van der Waals surface area contributed by atoms with Crippen LogP contribution in [0.15, 0.2) is 11.6 Å². The molecule has 3 heteroatoms. The minimum atomic E-state index is 0.625. The van der Waals surface area contributed by atoms with E-state index in [-0.39, 0.29) is 0 Å². The SMILES string of the molecule is CON1CCC=C(C=O)C1. The first-order valence-electron chi connectivity index (χ1n) is 3.30. The maximum atomic E-state index is 10.3. The molecule has 0 saturated carbocycles. The van der Waals surface area contributed by atoms with Gasteiger partial charge in [0.25, 0.3) is 0 Å². The van der Waals surface area contributed by atoms with Gasteiger partial charge in [0.05, 0.1) is 13.7 Å². The Hall–Kier alpha value is -0.670. The van der Waals surface area contributed by atoms with Crippen molar-refractivity contribution in [3.63, 3.8) is 0 Å². The molecule has 10 heavy (non-hydrogen) atoms. The Morgan fingerprint density at radius 3 is 3.20 bits per heavy atom. The number of rotatable bonds is 2. The fraction of sp³-hybridized carbons (Fsp3) is 0.571. The van der Waals surface area contributed by atoms with E-state index in [0.717, 1.165) is 24.8 Å². The van der Waals surface area contributed by atoms with Crippen molar-refractivity contribution in [2.45, 2.75) is 6.42 Å². The van der Waals surface area contributed by atoms with Crippen LogP contribution in [0.3, 0.4) is 0 Å². The van der Waals surface area contributed by atoms with Crippen LogP contribution in [-0.2, 0) is 9.63 Å². The summed E-state index contributed by atoms with van der Waals surface area (Å²) >= 11 is 0. The van der Waals surface area contributed by atoms with E-state index >= 15 is 0 Å². The highest BCUT2D eigenvalue weighted by molar-refractivity contribution is 5.73. The molecule has 0 aliphatic carbocycles. The van der Waals surface area contributed by atoms with Crippen molar-refractivity contribution in [3.05, 3.63) is 11.6 Å². The van der Waals surface area contributed by atoms with E-state index in [9.17, 15) is 4.79 Å². The zero-order valence-corrected chi connectivity index (χ0v) is 6.04. The second-order valence-corrected chi connectivity index (χ2v) is 2.23. The van der Waals surface area contributed by atoms with Gasteiger partial charge in [-0.2, -0.15) is 5.06 Å². The summed E-state index contributed by atoms with van der Waals surface area (Å²) in [5, 5.41) is 1.77. The van der Waals surface area contributed by atoms with Gasteiger partial charge < -0.3 is 4.84 Å². The third kappa shape index (κ3) is 1.65. The van der Waals surface area contributed by atoms with Crippen molar-refractivity contribution in [3.8, 4) is 0 Å². The van der Waals surface area contributed by atoms with Gasteiger partial charge in [-0.1, -0.05) is 6.08 Å². The Kier molecular flexibility index (Phi) is 2.59. The Labute approximate surface area is 60.2 Å². The van der Waals surface area contributed by atoms with Gasteiger partial charge in [-0.15, -0.1) is 0 Å². The van der Waals surface area contributed by atoms with Crippen molar-refractivity contribution < 1.29 is 9.63 Å². The summed E-state index contributed by atoms with van der Waals surface area (Å²) < 4.78 is 0. The molecule has 3 nitrogen and oxygen atoms in total. The monoisotopic (exact) mass is 141 g/mol. The molecule has 1 heterocycles. The fourth-order valence-electron chi connectivity index (χ4n) is 0.982. The molecule has 1 aliphatic rings. The molecular weight excluding hydrogens is 130 g/mol. The largest absolute Gasteiger partial charge is 0.302 e. The smallest absolute Gasteiger partial charge is 0.147 e. The highest BCUT2D eigenvalue weighted by Crippen LogP contribution is 2.06. The molecule has 1 aliphatic heterocycles. The lowest BCUT2D eigenvalue weighted by Gasteiger charge is -2.22. The summed E-state index contributed by atoms with van der Waals surface area (Å²) in [7, 11) is 1.62. The molecule has 0 aromatic rings. The number of carbonyl (C=O) groups is 1. The predicted octanol–water partition coefficient (Wildman–Crippen LogP) is 0.379. The molecule has 0 N–H and O–H groups in total. The topological polar surface area (TPSA) is 29.5 Å². The predicted molar refractivity (Wildman–Crippen MR) is 37.3 cm³/mol. The van der Waals surface area contributed by atoms with E-state index < -0.39 is 0 Å². The summed E-state index contributed by atoms with van der Waals surface area (Å²) in [6.07, 6.45) is 3.73. The molecular formula is C7H11NO2. The zero-order chi connectivity index (χ0) is 7.40. The summed E-state index contributed by atoms with van der Waals surface area (Å²) in [4.78, 5) is 15.2. The highest BCUT2D eigenvalue weighted by atomic mass is 16.7. The summed E-state index contributed by atoms with van der Waals surface area (Å²) in [6, 6.07) is 0. The van der Waals surface area contributed by atoms with E-state index in [0.29, 0.717) is 6.54 Å². The van der Waals surface area contributed by atoms with Crippen molar-refractivity contribution in [1.29, 1.82) is 0 Å². The van der Waals surface area contributed by atoms with Crippen molar-refractivity contribution >= 4 is 6.29 Å². The van der Waals surface area contributed by atoms with Crippen LogP contribution in [0.2, 0.25) is 0 Å². The molecule has 0 atom stereocenters. The zero-order valence-electron chi connectivity index (χ0n) is 6.04. The normalized spacial score (nSPS) is 20.3. The first-order valence-corrected chi connectivity index (χ1v) is 3.30. The third-order valence-corrected chi connectivity index (χ3v) is 1.55. The number of aldehydes is 1.